The number of aromatic nitrogens is 7. The second-order valence-electron chi connectivity index (χ2n) is 10.5. The predicted molar refractivity (Wildman–Crippen MR) is 145 cm³/mol. The molecule has 1 saturated carbocycles. The van der Waals surface area contributed by atoms with Crippen molar-refractivity contribution >= 4 is 5.78 Å². The van der Waals surface area contributed by atoms with Crippen molar-refractivity contribution in [2.45, 2.75) is 71.9 Å². The van der Waals surface area contributed by atoms with Crippen LogP contribution in [0, 0.1) is 11.8 Å². The number of nitrogens with one attached hydrogen (secondary N) is 1. The van der Waals surface area contributed by atoms with Crippen molar-refractivity contribution in [1.82, 2.24) is 34.7 Å². The maximum absolute atomic E-state index is 13.8. The Bertz CT molecular complexity index is 1430. The Morgan fingerprint density at radius 1 is 1.11 bits per heavy atom. The van der Waals surface area contributed by atoms with Crippen LogP contribution < -0.4 is 5.69 Å². The molecule has 0 bridgehead atoms. The van der Waals surface area contributed by atoms with Crippen molar-refractivity contribution in [2.75, 3.05) is 0 Å². The van der Waals surface area contributed by atoms with E-state index in [1.807, 2.05) is 53.4 Å². The molecule has 3 heterocycles. The highest BCUT2D eigenvalue weighted by molar-refractivity contribution is 5.83. The molecule has 3 aromatic heterocycles. The quantitative estimate of drug-likeness (QED) is 0.342. The minimum Gasteiger partial charge on any atom is -0.297 e. The van der Waals surface area contributed by atoms with E-state index in [0.717, 1.165) is 60.2 Å². The van der Waals surface area contributed by atoms with Crippen LogP contribution in [0.25, 0.3) is 22.5 Å². The molecule has 1 aliphatic carbocycles. The first-order valence-electron chi connectivity index (χ1n) is 13.6. The van der Waals surface area contributed by atoms with Crippen LogP contribution in [0.3, 0.4) is 0 Å². The van der Waals surface area contributed by atoms with Crippen molar-refractivity contribution in [3.05, 3.63) is 70.7 Å². The number of unbranched alkanes of at least 4 members (excludes halogenated alkanes) is 1. The molecule has 198 valence electrons. The first-order valence-corrected chi connectivity index (χ1v) is 13.6. The van der Waals surface area contributed by atoms with Gasteiger partial charge in [0.15, 0.2) is 5.78 Å². The fourth-order valence-electron chi connectivity index (χ4n) is 5.63. The lowest BCUT2D eigenvalue weighted by Crippen LogP contribution is -2.39. The number of benzene rings is 1. The van der Waals surface area contributed by atoms with Gasteiger partial charge in [-0.25, -0.2) is 4.79 Å². The summed E-state index contributed by atoms with van der Waals surface area (Å²) in [7, 11) is 0. The molecule has 0 radical (unpaired) electrons. The second-order valence-corrected chi connectivity index (χ2v) is 10.5. The average molecular weight is 514 g/mol. The van der Waals surface area contributed by atoms with E-state index in [2.05, 4.69) is 41.4 Å². The van der Waals surface area contributed by atoms with E-state index in [1.165, 1.54) is 0 Å². The summed E-state index contributed by atoms with van der Waals surface area (Å²) in [5.41, 5.74) is 4.39. The Morgan fingerprint density at radius 2 is 1.92 bits per heavy atom. The number of imidazole rings is 1. The van der Waals surface area contributed by atoms with Gasteiger partial charge in [0.05, 0.1) is 18.3 Å². The number of hydrogen-bond donors (Lipinski definition) is 1. The van der Waals surface area contributed by atoms with Gasteiger partial charge < -0.3 is 0 Å². The standard InChI is InChI=1S/C29H35N7O2/c1-4-5-9-22-18-36(27-23(19(2)3)12-8-13-26(27)37)29(38)35(22)17-21-15-14-20(16-30-21)24-10-6-7-11-25(24)28-31-33-34-32-28/h6-7,10-11,14-16,18-19,23,27H,4-5,8-9,12-13,17H2,1-3H3,(H,31,32,33,34). The number of hydrogen-bond acceptors (Lipinski definition) is 6. The third-order valence-electron chi connectivity index (χ3n) is 7.69. The molecule has 38 heavy (non-hydrogen) atoms. The fourth-order valence-corrected chi connectivity index (χ4v) is 5.63. The second kappa shape index (κ2) is 11.2. The number of tetrazole rings is 1. The maximum atomic E-state index is 13.8. The monoisotopic (exact) mass is 513 g/mol. The van der Waals surface area contributed by atoms with Crippen molar-refractivity contribution in [3.63, 3.8) is 0 Å². The molecule has 9 nitrogen and oxygen atoms in total. The minimum absolute atomic E-state index is 0.115. The summed E-state index contributed by atoms with van der Waals surface area (Å²) in [4.78, 5) is 31.5. The molecule has 1 N–H and O–H groups in total. The zero-order valence-corrected chi connectivity index (χ0v) is 22.3. The van der Waals surface area contributed by atoms with Crippen LogP contribution in [0.1, 0.15) is 70.3 Å². The Hall–Kier alpha value is -3.88. The van der Waals surface area contributed by atoms with E-state index in [0.29, 0.717) is 24.7 Å². The topological polar surface area (TPSA) is 111 Å². The highest BCUT2D eigenvalue weighted by Gasteiger charge is 2.36. The van der Waals surface area contributed by atoms with Crippen molar-refractivity contribution in [3.8, 4) is 22.5 Å². The Kier molecular flexibility index (Phi) is 7.62. The van der Waals surface area contributed by atoms with Crippen LogP contribution in [0.4, 0.5) is 0 Å². The number of carbonyl (C=O) groups is 1. The lowest BCUT2D eigenvalue weighted by Gasteiger charge is -2.33. The first kappa shape index (κ1) is 25.8. The number of pyridine rings is 1. The van der Waals surface area contributed by atoms with Crippen LogP contribution in [0.15, 0.2) is 53.6 Å². The minimum atomic E-state index is -0.380. The fraction of sp³-hybridized carbons (Fsp3) is 0.448. The summed E-state index contributed by atoms with van der Waals surface area (Å²) in [6.07, 6.45) is 9.00. The van der Waals surface area contributed by atoms with E-state index < -0.39 is 0 Å². The number of aromatic amines is 1. The Labute approximate surface area is 222 Å². The molecule has 1 fully saturated rings. The molecule has 0 aliphatic heterocycles. The number of rotatable bonds is 9. The molecule has 0 amide bonds. The van der Waals surface area contributed by atoms with Crippen LogP contribution in [-0.4, -0.2) is 40.5 Å². The van der Waals surface area contributed by atoms with Gasteiger partial charge in [0, 0.05) is 35.6 Å². The van der Waals surface area contributed by atoms with E-state index in [9.17, 15) is 9.59 Å². The van der Waals surface area contributed by atoms with Gasteiger partial charge >= 0.3 is 5.69 Å². The van der Waals surface area contributed by atoms with E-state index in [4.69, 9.17) is 4.98 Å². The van der Waals surface area contributed by atoms with Crippen molar-refractivity contribution in [1.29, 1.82) is 0 Å². The lowest BCUT2D eigenvalue weighted by molar-refractivity contribution is -0.126. The van der Waals surface area contributed by atoms with Gasteiger partial charge in [-0.15, -0.1) is 10.2 Å². The smallest absolute Gasteiger partial charge is 0.297 e. The van der Waals surface area contributed by atoms with Crippen LogP contribution in [0.5, 0.6) is 0 Å². The van der Waals surface area contributed by atoms with E-state index in [-0.39, 0.29) is 23.4 Å². The molecular formula is C29H35N7O2. The molecule has 1 aromatic carbocycles. The summed E-state index contributed by atoms with van der Waals surface area (Å²) in [5, 5.41) is 14.4. The van der Waals surface area contributed by atoms with E-state index in [1.54, 1.807) is 4.57 Å². The van der Waals surface area contributed by atoms with Crippen LogP contribution in [0.2, 0.25) is 0 Å². The number of nitrogens with zero attached hydrogens (tertiary/aromatic N) is 6. The number of Topliss-reactive ketones (excluding diaryl/α,β-unsaturated/α-hetero) is 1. The number of carbonyl (C=O) groups excluding carboxylic acids is 1. The molecule has 5 rings (SSSR count). The van der Waals surface area contributed by atoms with Crippen molar-refractivity contribution < 1.29 is 4.79 Å². The summed E-state index contributed by atoms with van der Waals surface area (Å²) in [5.74, 6) is 1.22. The van der Waals surface area contributed by atoms with Crippen molar-refractivity contribution in [2.24, 2.45) is 11.8 Å². The van der Waals surface area contributed by atoms with Gasteiger partial charge in [-0.2, -0.15) is 5.21 Å². The molecule has 0 spiro atoms. The van der Waals surface area contributed by atoms with E-state index >= 15 is 0 Å². The first-order chi connectivity index (χ1) is 18.5. The van der Waals surface area contributed by atoms with Crippen LogP contribution in [-0.2, 0) is 17.8 Å². The summed E-state index contributed by atoms with van der Waals surface area (Å²) < 4.78 is 3.54. The third-order valence-corrected chi connectivity index (χ3v) is 7.69. The summed E-state index contributed by atoms with van der Waals surface area (Å²) in [6, 6.07) is 11.4. The zero-order chi connectivity index (χ0) is 26.6. The molecule has 0 saturated heterocycles. The molecule has 9 heteroatoms. The maximum Gasteiger partial charge on any atom is 0.329 e. The predicted octanol–water partition coefficient (Wildman–Crippen LogP) is 4.85. The lowest BCUT2D eigenvalue weighted by atomic mass is 9.77. The molecule has 2 unspecified atom stereocenters. The SMILES string of the molecule is CCCCc1cn(C2C(=O)CCCC2C(C)C)c(=O)n1Cc1ccc(-c2ccccc2-c2nn[nH]n2)cn1. The largest absolute Gasteiger partial charge is 0.329 e. The number of aryl methyl sites for hydroxylation is 1. The molecule has 1 aliphatic rings. The number of ketones is 1. The number of H-pyrrole nitrogens is 1. The summed E-state index contributed by atoms with van der Waals surface area (Å²) in [6.45, 7) is 6.81. The normalized spacial score (nSPS) is 17.8. The molecule has 2 atom stereocenters. The Morgan fingerprint density at radius 3 is 2.61 bits per heavy atom. The molecule has 4 aromatic rings. The zero-order valence-electron chi connectivity index (χ0n) is 22.3. The third kappa shape index (κ3) is 5.10. The van der Waals surface area contributed by atoms with Gasteiger partial charge in [0.25, 0.3) is 0 Å². The highest BCUT2D eigenvalue weighted by Crippen LogP contribution is 2.36. The van der Waals surface area contributed by atoms with Gasteiger partial charge in [-0.3, -0.25) is 18.9 Å². The van der Waals surface area contributed by atoms with Crippen LogP contribution >= 0.6 is 0 Å². The molecular weight excluding hydrogens is 478 g/mol. The van der Waals surface area contributed by atoms with Gasteiger partial charge in [0.1, 0.15) is 0 Å². The van der Waals surface area contributed by atoms with Gasteiger partial charge in [0.2, 0.25) is 5.82 Å². The summed E-state index contributed by atoms with van der Waals surface area (Å²) >= 11 is 0. The Balaban J connectivity index is 1.46. The van der Waals surface area contributed by atoms with Gasteiger partial charge in [-0.1, -0.05) is 57.5 Å². The highest BCUT2D eigenvalue weighted by atomic mass is 16.2. The van der Waals surface area contributed by atoms with Gasteiger partial charge in [-0.05, 0) is 54.4 Å². The average Bonchev–Trinajstić information content (AvgIpc) is 3.57.